The molecule has 0 unspecified atom stereocenters. The summed E-state index contributed by atoms with van der Waals surface area (Å²) in [6.45, 7) is 34.0. The fourth-order valence-electron chi connectivity index (χ4n) is 11.8. The van der Waals surface area contributed by atoms with Gasteiger partial charge in [0.05, 0.1) is 17.0 Å². The third-order valence-electron chi connectivity index (χ3n) is 16.5. The van der Waals surface area contributed by atoms with Gasteiger partial charge in [0.2, 0.25) is 5.88 Å². The lowest BCUT2D eigenvalue weighted by molar-refractivity contribution is 0.589. The molecule has 4 heterocycles. The van der Waals surface area contributed by atoms with Gasteiger partial charge in [0.25, 0.3) is 0 Å². The average Bonchev–Trinajstić information content (AvgIpc) is 4.18. The summed E-state index contributed by atoms with van der Waals surface area (Å²) in [5, 5.41) is 2.15. The second-order valence-corrected chi connectivity index (χ2v) is 27.2. The Balaban J connectivity index is 1.23. The molecular weight excluding hydrogens is 950 g/mol. The van der Waals surface area contributed by atoms with E-state index in [1.54, 1.807) is 0 Å². The number of anilines is 9. The van der Waals surface area contributed by atoms with Crippen molar-refractivity contribution in [3.8, 4) is 11.1 Å². The molecule has 0 amide bonds. The number of fused-ring (bicyclic) bond motifs is 8. The molecule has 0 bridgehead atoms. The van der Waals surface area contributed by atoms with E-state index in [-0.39, 0.29) is 33.8 Å². The van der Waals surface area contributed by atoms with Crippen LogP contribution in [-0.2, 0) is 27.1 Å². The highest BCUT2D eigenvalue weighted by Crippen LogP contribution is 2.52. The van der Waals surface area contributed by atoms with Crippen LogP contribution in [0, 0.1) is 0 Å². The van der Waals surface area contributed by atoms with Gasteiger partial charge in [0, 0.05) is 50.4 Å². The molecule has 2 aromatic heterocycles. The van der Waals surface area contributed by atoms with Crippen LogP contribution in [0.4, 0.5) is 51.4 Å². The maximum absolute atomic E-state index is 7.51. The van der Waals surface area contributed by atoms with Crippen molar-refractivity contribution in [3.63, 3.8) is 0 Å². The fraction of sp³-hybridized carbons (Fsp3) is 0.278. The van der Waals surface area contributed by atoms with Crippen molar-refractivity contribution in [1.82, 2.24) is 0 Å². The molecule has 2 aliphatic heterocycles. The summed E-state index contributed by atoms with van der Waals surface area (Å²) in [5.74, 6) is 0.801. The minimum absolute atomic E-state index is 0.0157. The lowest BCUT2D eigenvalue weighted by Crippen LogP contribution is -2.60. The van der Waals surface area contributed by atoms with Gasteiger partial charge >= 0.3 is 6.71 Å². The molecule has 0 atom stereocenters. The van der Waals surface area contributed by atoms with Crippen LogP contribution in [0.3, 0.4) is 0 Å². The number of benzene rings is 8. The Morgan fingerprint density at radius 2 is 0.795 bits per heavy atom. The largest absolute Gasteiger partial charge is 0.468 e. The van der Waals surface area contributed by atoms with Crippen LogP contribution in [0.1, 0.15) is 132 Å². The summed E-state index contributed by atoms with van der Waals surface area (Å²) >= 11 is 0. The normalized spacial score (nSPS) is 13.8. The summed E-state index contributed by atoms with van der Waals surface area (Å²) in [7, 11) is 0. The molecule has 0 N–H and O–H groups in total. The molecule has 0 radical (unpaired) electrons. The minimum Gasteiger partial charge on any atom is -0.468 e. The first-order valence-corrected chi connectivity index (χ1v) is 28.0. The molecule has 6 heteroatoms. The van der Waals surface area contributed by atoms with Crippen LogP contribution in [0.2, 0.25) is 0 Å². The lowest BCUT2D eigenvalue weighted by atomic mass is 9.35. The highest BCUT2D eigenvalue weighted by molar-refractivity contribution is 7.01. The maximum atomic E-state index is 7.51. The first-order valence-electron chi connectivity index (χ1n) is 28.0. The molecule has 392 valence electrons. The maximum Gasteiger partial charge on any atom is 0.302 e. The Labute approximate surface area is 463 Å². The standard InChI is InChI=1S/C72H74BN3O2/c1-68(2,3)47-22-31-52(32-23-47)74(53-33-24-48(25-34-53)69(4,5)6)56-43-59-64-60(44-56)76(55-37-28-50(29-38-55)71(10,11)12)67-63(57-42-51(72(13,14)15)30-40-61(57)78-67)73(64)66-65(75(59)54-35-26-49(27-36-54)70(7,8)9)58-41-46(21-39-62(58)77-66)45-19-17-16-18-20-45/h16-44H,1-15H3. The summed E-state index contributed by atoms with van der Waals surface area (Å²) in [6, 6.07) is 66.0. The number of hydrogen-bond donors (Lipinski definition) is 0. The molecule has 12 rings (SSSR count). The van der Waals surface area contributed by atoms with Gasteiger partial charge in [-0.1, -0.05) is 195 Å². The molecule has 0 fully saturated rings. The van der Waals surface area contributed by atoms with E-state index in [4.69, 9.17) is 8.83 Å². The molecule has 5 nitrogen and oxygen atoms in total. The number of hydrogen-bond acceptors (Lipinski definition) is 5. The summed E-state index contributed by atoms with van der Waals surface area (Å²) in [4.78, 5) is 7.37. The Hall–Kier alpha value is -7.70. The van der Waals surface area contributed by atoms with E-state index in [9.17, 15) is 0 Å². The van der Waals surface area contributed by atoms with E-state index in [1.807, 2.05) is 0 Å². The van der Waals surface area contributed by atoms with Gasteiger partial charge in [-0.05, 0) is 156 Å². The SMILES string of the molecule is CC(C)(C)c1ccc(N(c2ccc(C(C)(C)C)cc2)c2cc3c4c(c2)N(c2ccc(C(C)(C)C)cc2)c2c(oc5ccc(-c6ccccc6)cc25)B4c2c(oc4ccc(C(C)(C)C)cc24)N3c2ccc(C(C)(C)C)cc2)cc1. The van der Waals surface area contributed by atoms with Crippen LogP contribution in [0.5, 0.6) is 0 Å². The van der Waals surface area contributed by atoms with Gasteiger partial charge in [-0.15, -0.1) is 0 Å². The van der Waals surface area contributed by atoms with Crippen LogP contribution in [0.25, 0.3) is 33.1 Å². The van der Waals surface area contributed by atoms with Crippen molar-refractivity contribution in [2.24, 2.45) is 0 Å². The molecule has 2 aliphatic rings. The Morgan fingerprint density at radius 3 is 1.29 bits per heavy atom. The quantitative estimate of drug-likeness (QED) is 0.155. The average molecular weight is 1020 g/mol. The number of nitrogens with zero attached hydrogens (tertiary/aromatic N) is 3. The lowest BCUT2D eigenvalue weighted by Gasteiger charge is -2.42. The molecule has 0 aliphatic carbocycles. The van der Waals surface area contributed by atoms with Gasteiger partial charge in [-0.2, -0.15) is 0 Å². The molecular formula is C72H74BN3O2. The molecule has 0 spiro atoms. The van der Waals surface area contributed by atoms with Crippen molar-refractivity contribution >= 4 is 96.6 Å². The third-order valence-corrected chi connectivity index (χ3v) is 16.5. The second-order valence-electron chi connectivity index (χ2n) is 27.2. The van der Waals surface area contributed by atoms with Gasteiger partial charge in [-0.25, -0.2) is 0 Å². The number of furan rings is 2. The van der Waals surface area contributed by atoms with Gasteiger partial charge < -0.3 is 18.6 Å². The topological polar surface area (TPSA) is 36.0 Å². The van der Waals surface area contributed by atoms with Crippen molar-refractivity contribution in [2.75, 3.05) is 14.7 Å². The monoisotopic (exact) mass is 1020 g/mol. The Bertz CT molecular complexity index is 3850. The van der Waals surface area contributed by atoms with E-state index < -0.39 is 0 Å². The number of rotatable bonds is 6. The predicted octanol–water partition coefficient (Wildman–Crippen LogP) is 18.9. The van der Waals surface area contributed by atoms with E-state index in [2.05, 4.69) is 294 Å². The fourth-order valence-corrected chi connectivity index (χ4v) is 11.8. The van der Waals surface area contributed by atoms with Crippen LogP contribution in [0.15, 0.2) is 185 Å². The van der Waals surface area contributed by atoms with Crippen LogP contribution < -0.4 is 31.3 Å². The van der Waals surface area contributed by atoms with Crippen LogP contribution >= 0.6 is 0 Å². The predicted molar refractivity (Wildman–Crippen MR) is 334 cm³/mol. The molecule has 10 aromatic rings. The summed E-state index contributed by atoms with van der Waals surface area (Å²) < 4.78 is 14.9. The molecule has 0 saturated heterocycles. The zero-order chi connectivity index (χ0) is 55.0. The van der Waals surface area contributed by atoms with E-state index in [1.165, 1.54) is 27.8 Å². The smallest absolute Gasteiger partial charge is 0.302 e. The Kier molecular flexibility index (Phi) is 11.7. The molecule has 8 aromatic carbocycles. The molecule has 0 saturated carbocycles. The molecule has 78 heavy (non-hydrogen) atoms. The van der Waals surface area contributed by atoms with Gasteiger partial charge in [0.15, 0.2) is 0 Å². The minimum atomic E-state index is -0.334. The van der Waals surface area contributed by atoms with Gasteiger partial charge in [-0.3, -0.25) is 4.90 Å². The Morgan fingerprint density at radius 1 is 0.359 bits per heavy atom. The zero-order valence-corrected chi connectivity index (χ0v) is 48.5. The zero-order valence-electron chi connectivity index (χ0n) is 48.5. The third kappa shape index (κ3) is 8.73. The highest BCUT2D eigenvalue weighted by Gasteiger charge is 2.50. The highest BCUT2D eigenvalue weighted by atomic mass is 16.4. The first kappa shape index (κ1) is 51.1. The van der Waals surface area contributed by atoms with E-state index in [0.29, 0.717) is 0 Å². The van der Waals surface area contributed by atoms with Crippen LogP contribution in [-0.4, -0.2) is 6.71 Å². The van der Waals surface area contributed by atoms with E-state index >= 15 is 0 Å². The van der Waals surface area contributed by atoms with Gasteiger partial charge in [0.1, 0.15) is 11.2 Å². The summed E-state index contributed by atoms with van der Waals surface area (Å²) in [6.07, 6.45) is 0. The van der Waals surface area contributed by atoms with Crippen molar-refractivity contribution in [1.29, 1.82) is 0 Å². The first-order chi connectivity index (χ1) is 36.8. The van der Waals surface area contributed by atoms with E-state index in [0.717, 1.165) is 101 Å². The van der Waals surface area contributed by atoms with Crippen molar-refractivity contribution < 1.29 is 8.83 Å². The van der Waals surface area contributed by atoms with Crippen molar-refractivity contribution in [3.05, 3.63) is 204 Å². The van der Waals surface area contributed by atoms with Crippen molar-refractivity contribution in [2.45, 2.75) is 131 Å². The summed E-state index contributed by atoms with van der Waals surface area (Å²) in [5.41, 5.74) is 21.7. The second kappa shape index (κ2) is 17.9.